The van der Waals surface area contributed by atoms with Gasteiger partial charge in [0.2, 0.25) is 5.88 Å². The van der Waals surface area contributed by atoms with E-state index in [0.29, 0.717) is 17.0 Å². The van der Waals surface area contributed by atoms with Gasteiger partial charge in [-0.25, -0.2) is 9.37 Å². The number of carbonyl (C=O) groups excluding carboxylic acids is 1. The van der Waals surface area contributed by atoms with E-state index in [-0.39, 0.29) is 23.9 Å². The molecular weight excluding hydrogens is 409 g/mol. The average Bonchev–Trinajstić information content (AvgIpc) is 2.67. The molecule has 3 aromatic rings. The van der Waals surface area contributed by atoms with Gasteiger partial charge in [0.1, 0.15) is 5.82 Å². The first-order chi connectivity index (χ1) is 13.0. The van der Waals surface area contributed by atoms with Gasteiger partial charge in [0.05, 0.1) is 7.11 Å². The molecule has 3 rings (SSSR count). The number of rotatable bonds is 6. The van der Waals surface area contributed by atoms with E-state index in [9.17, 15) is 9.18 Å². The topological polar surface area (TPSA) is 39.2 Å². The Morgan fingerprint density at radius 3 is 2.48 bits per heavy atom. The number of ketones is 1. The van der Waals surface area contributed by atoms with E-state index in [1.54, 1.807) is 18.2 Å². The van der Waals surface area contributed by atoms with Gasteiger partial charge < -0.3 is 4.74 Å². The lowest BCUT2D eigenvalue weighted by Gasteiger charge is -2.19. The molecule has 1 atom stereocenters. The molecule has 27 heavy (non-hydrogen) atoms. The summed E-state index contributed by atoms with van der Waals surface area (Å²) in [6.45, 7) is 1.84. The molecule has 0 N–H and O–H groups in total. The molecule has 0 aliphatic carbocycles. The number of Topliss-reactive ketones (excluding diaryl/α,β-unsaturated/α-hetero) is 1. The normalized spacial score (nSPS) is 11.9. The maximum Gasteiger partial charge on any atom is 0.212 e. The van der Waals surface area contributed by atoms with Gasteiger partial charge in [-0.05, 0) is 47.9 Å². The number of hydrogen-bond acceptors (Lipinski definition) is 3. The van der Waals surface area contributed by atoms with Gasteiger partial charge in [-0.2, -0.15) is 0 Å². The highest BCUT2D eigenvalue weighted by Gasteiger charge is 2.22. The highest BCUT2D eigenvalue weighted by molar-refractivity contribution is 9.10. The molecule has 1 aromatic heterocycles. The number of hydrogen-bond donors (Lipinski definition) is 0. The van der Waals surface area contributed by atoms with Crippen molar-refractivity contribution in [3.8, 4) is 5.88 Å². The highest BCUT2D eigenvalue weighted by Crippen LogP contribution is 2.32. The SMILES string of the molecule is COc1ccc(C(=O)C[C@@H](c2ccc(Br)cc2)c2ccc(C)cc2F)cn1. The van der Waals surface area contributed by atoms with Crippen LogP contribution in [0.25, 0.3) is 0 Å². The molecule has 2 aromatic carbocycles. The summed E-state index contributed by atoms with van der Waals surface area (Å²) in [7, 11) is 1.52. The van der Waals surface area contributed by atoms with Gasteiger partial charge in [0.25, 0.3) is 0 Å². The Morgan fingerprint density at radius 1 is 1.15 bits per heavy atom. The van der Waals surface area contributed by atoms with Crippen LogP contribution in [-0.4, -0.2) is 17.9 Å². The van der Waals surface area contributed by atoms with E-state index in [1.165, 1.54) is 19.4 Å². The molecule has 3 nitrogen and oxygen atoms in total. The number of nitrogens with zero attached hydrogens (tertiary/aromatic N) is 1. The second-order valence-electron chi connectivity index (χ2n) is 6.35. The monoisotopic (exact) mass is 427 g/mol. The number of ether oxygens (including phenoxy) is 1. The number of benzene rings is 2. The van der Waals surface area contributed by atoms with Crippen molar-refractivity contribution in [2.24, 2.45) is 0 Å². The fraction of sp³-hybridized carbons (Fsp3) is 0.182. The van der Waals surface area contributed by atoms with Crippen molar-refractivity contribution in [2.75, 3.05) is 7.11 Å². The van der Waals surface area contributed by atoms with Gasteiger partial charge in [-0.15, -0.1) is 0 Å². The number of halogens is 2. The summed E-state index contributed by atoms with van der Waals surface area (Å²) in [4.78, 5) is 16.9. The zero-order valence-electron chi connectivity index (χ0n) is 15.1. The smallest absolute Gasteiger partial charge is 0.212 e. The Hall–Kier alpha value is -2.53. The third-order valence-electron chi connectivity index (χ3n) is 4.46. The predicted molar refractivity (Wildman–Crippen MR) is 107 cm³/mol. The Kier molecular flexibility index (Phi) is 6.01. The van der Waals surface area contributed by atoms with Crippen molar-refractivity contribution >= 4 is 21.7 Å². The van der Waals surface area contributed by atoms with Crippen molar-refractivity contribution in [1.82, 2.24) is 4.98 Å². The summed E-state index contributed by atoms with van der Waals surface area (Å²) in [5.41, 5.74) is 2.72. The van der Waals surface area contributed by atoms with Crippen LogP contribution in [0.1, 0.15) is 39.4 Å². The van der Waals surface area contributed by atoms with E-state index in [1.807, 2.05) is 37.3 Å². The van der Waals surface area contributed by atoms with E-state index in [0.717, 1.165) is 15.6 Å². The maximum absolute atomic E-state index is 14.7. The summed E-state index contributed by atoms with van der Waals surface area (Å²) in [5, 5.41) is 0. The fourth-order valence-electron chi connectivity index (χ4n) is 2.99. The molecule has 1 heterocycles. The van der Waals surface area contributed by atoms with Crippen LogP contribution >= 0.6 is 15.9 Å². The molecule has 0 radical (unpaired) electrons. The van der Waals surface area contributed by atoms with Gasteiger partial charge >= 0.3 is 0 Å². The molecule has 0 aliphatic rings. The number of carbonyl (C=O) groups is 1. The molecule has 0 unspecified atom stereocenters. The Balaban J connectivity index is 1.96. The first-order valence-electron chi connectivity index (χ1n) is 8.52. The summed E-state index contributed by atoms with van der Waals surface area (Å²) in [5.74, 6) is -0.337. The molecule has 0 spiro atoms. The van der Waals surface area contributed by atoms with E-state index in [2.05, 4.69) is 20.9 Å². The summed E-state index contributed by atoms with van der Waals surface area (Å²) in [6.07, 6.45) is 1.64. The third kappa shape index (κ3) is 4.61. The fourth-order valence-corrected chi connectivity index (χ4v) is 3.25. The standard InChI is InChI=1S/C22H19BrFNO2/c1-14-3-9-18(20(24)11-14)19(15-4-7-17(23)8-5-15)12-21(26)16-6-10-22(27-2)25-13-16/h3-11,13,19H,12H2,1-2H3/t19-/m0/s1. The first-order valence-corrected chi connectivity index (χ1v) is 9.32. The Morgan fingerprint density at radius 2 is 1.89 bits per heavy atom. The van der Waals surface area contributed by atoms with Gasteiger partial charge in [-0.1, -0.05) is 40.2 Å². The lowest BCUT2D eigenvalue weighted by atomic mass is 9.85. The van der Waals surface area contributed by atoms with Gasteiger partial charge in [0, 0.05) is 34.6 Å². The van der Waals surface area contributed by atoms with Crippen LogP contribution in [0, 0.1) is 12.7 Å². The number of aryl methyl sites for hydroxylation is 1. The molecule has 0 saturated heterocycles. The first kappa shape index (κ1) is 19.2. The lowest BCUT2D eigenvalue weighted by molar-refractivity contribution is 0.0977. The van der Waals surface area contributed by atoms with Crippen LogP contribution in [0.15, 0.2) is 65.3 Å². The molecular formula is C22H19BrFNO2. The zero-order valence-corrected chi connectivity index (χ0v) is 16.7. The van der Waals surface area contributed by atoms with Crippen molar-refractivity contribution in [3.05, 3.63) is 93.3 Å². The number of aromatic nitrogens is 1. The summed E-state index contributed by atoms with van der Waals surface area (Å²) in [6, 6.07) is 16.1. The van der Waals surface area contributed by atoms with Gasteiger partial charge in [0.15, 0.2) is 5.78 Å². The summed E-state index contributed by atoms with van der Waals surface area (Å²) < 4.78 is 20.6. The minimum atomic E-state index is -0.381. The Bertz CT molecular complexity index is 940. The minimum absolute atomic E-state index is 0.0990. The van der Waals surface area contributed by atoms with E-state index < -0.39 is 0 Å². The third-order valence-corrected chi connectivity index (χ3v) is 4.99. The summed E-state index contributed by atoms with van der Waals surface area (Å²) >= 11 is 3.41. The molecule has 0 amide bonds. The molecule has 0 aliphatic heterocycles. The molecule has 0 saturated carbocycles. The quantitative estimate of drug-likeness (QED) is 0.473. The van der Waals surface area contributed by atoms with Crippen LogP contribution in [0.3, 0.4) is 0 Å². The van der Waals surface area contributed by atoms with Gasteiger partial charge in [-0.3, -0.25) is 4.79 Å². The van der Waals surface area contributed by atoms with Crippen LogP contribution < -0.4 is 4.74 Å². The second-order valence-corrected chi connectivity index (χ2v) is 7.26. The lowest BCUT2D eigenvalue weighted by Crippen LogP contribution is -2.11. The average molecular weight is 428 g/mol. The molecule has 0 bridgehead atoms. The van der Waals surface area contributed by atoms with Crippen molar-refractivity contribution in [2.45, 2.75) is 19.3 Å². The van der Waals surface area contributed by atoms with Crippen LogP contribution in [0.4, 0.5) is 4.39 Å². The number of methoxy groups -OCH3 is 1. The van der Waals surface area contributed by atoms with Crippen molar-refractivity contribution < 1.29 is 13.9 Å². The maximum atomic E-state index is 14.7. The molecule has 138 valence electrons. The van der Waals surface area contributed by atoms with Crippen LogP contribution in [0.5, 0.6) is 5.88 Å². The Labute approximate surface area is 166 Å². The molecule has 5 heteroatoms. The van der Waals surface area contributed by atoms with E-state index in [4.69, 9.17) is 4.74 Å². The largest absolute Gasteiger partial charge is 0.481 e. The molecule has 0 fully saturated rings. The minimum Gasteiger partial charge on any atom is -0.481 e. The highest BCUT2D eigenvalue weighted by atomic mass is 79.9. The van der Waals surface area contributed by atoms with Crippen LogP contribution in [0.2, 0.25) is 0 Å². The zero-order chi connectivity index (χ0) is 19.4. The number of pyridine rings is 1. The van der Waals surface area contributed by atoms with E-state index >= 15 is 0 Å². The van der Waals surface area contributed by atoms with Crippen molar-refractivity contribution in [1.29, 1.82) is 0 Å². The predicted octanol–water partition coefficient (Wildman–Crippen LogP) is 5.71. The second kappa shape index (κ2) is 8.44. The van der Waals surface area contributed by atoms with Crippen LogP contribution in [-0.2, 0) is 0 Å². The van der Waals surface area contributed by atoms with Crippen molar-refractivity contribution in [3.63, 3.8) is 0 Å².